The highest BCUT2D eigenvalue weighted by Crippen LogP contribution is 2.32. The van der Waals surface area contributed by atoms with Gasteiger partial charge in [0.1, 0.15) is 16.4 Å². The minimum Gasteiger partial charge on any atom is -0.497 e. The lowest BCUT2D eigenvalue weighted by Crippen LogP contribution is -2.13. The Balaban J connectivity index is 1.63. The van der Waals surface area contributed by atoms with Crippen LogP contribution in [-0.2, 0) is 0 Å². The van der Waals surface area contributed by atoms with Crippen LogP contribution >= 0.6 is 11.3 Å². The predicted octanol–water partition coefficient (Wildman–Crippen LogP) is 4.55. The summed E-state index contributed by atoms with van der Waals surface area (Å²) < 4.78 is 12.2. The molecule has 0 spiro atoms. The summed E-state index contributed by atoms with van der Waals surface area (Å²) in [6.45, 7) is 1.82. The summed E-state index contributed by atoms with van der Waals surface area (Å²) in [6, 6.07) is 11.6. The van der Waals surface area contributed by atoms with Crippen LogP contribution in [0.1, 0.15) is 15.4 Å². The number of amides is 1. The molecule has 0 fully saturated rings. The molecule has 0 saturated heterocycles. The van der Waals surface area contributed by atoms with Crippen LogP contribution in [0, 0.1) is 17.0 Å². The lowest BCUT2D eigenvalue weighted by Gasteiger charge is -2.09. The van der Waals surface area contributed by atoms with Gasteiger partial charge in [0.25, 0.3) is 11.6 Å². The van der Waals surface area contributed by atoms with Crippen LogP contribution in [0.15, 0.2) is 48.7 Å². The Labute approximate surface area is 181 Å². The van der Waals surface area contributed by atoms with Crippen molar-refractivity contribution in [3.63, 3.8) is 0 Å². The maximum Gasteiger partial charge on any atom is 0.271 e. The van der Waals surface area contributed by atoms with E-state index in [9.17, 15) is 14.9 Å². The van der Waals surface area contributed by atoms with Gasteiger partial charge >= 0.3 is 0 Å². The fourth-order valence-corrected chi connectivity index (χ4v) is 4.15. The van der Waals surface area contributed by atoms with E-state index in [1.807, 2.05) is 41.8 Å². The minimum atomic E-state index is -0.528. The second-order valence-corrected chi connectivity index (χ2v) is 7.60. The molecule has 9 nitrogen and oxygen atoms in total. The molecule has 158 valence electrons. The zero-order valence-electron chi connectivity index (χ0n) is 16.9. The number of fused-ring (bicyclic) bond motifs is 1. The largest absolute Gasteiger partial charge is 0.497 e. The third-order valence-corrected chi connectivity index (χ3v) is 5.95. The average molecular weight is 438 g/mol. The molecule has 4 rings (SSSR count). The summed E-state index contributed by atoms with van der Waals surface area (Å²) in [6.07, 6.45) is 1.87. The zero-order valence-corrected chi connectivity index (χ0v) is 17.7. The van der Waals surface area contributed by atoms with Gasteiger partial charge in [0.15, 0.2) is 4.96 Å². The number of thiazole rings is 1. The Morgan fingerprint density at radius 1 is 1.16 bits per heavy atom. The average Bonchev–Trinajstić information content (AvgIpc) is 3.33. The van der Waals surface area contributed by atoms with Crippen molar-refractivity contribution in [1.29, 1.82) is 0 Å². The van der Waals surface area contributed by atoms with E-state index in [1.165, 1.54) is 36.6 Å². The number of aromatic nitrogens is 2. The highest BCUT2D eigenvalue weighted by atomic mass is 32.1. The van der Waals surface area contributed by atoms with E-state index in [2.05, 4.69) is 10.3 Å². The van der Waals surface area contributed by atoms with Crippen LogP contribution in [0.2, 0.25) is 0 Å². The van der Waals surface area contributed by atoms with Crippen molar-refractivity contribution in [1.82, 2.24) is 9.38 Å². The number of nitro groups is 1. The number of ether oxygens (including phenoxy) is 2. The molecule has 4 aromatic rings. The van der Waals surface area contributed by atoms with Crippen molar-refractivity contribution < 1.29 is 19.2 Å². The van der Waals surface area contributed by atoms with Gasteiger partial charge in [0.05, 0.1) is 30.5 Å². The van der Waals surface area contributed by atoms with Gasteiger partial charge in [0.2, 0.25) is 0 Å². The summed E-state index contributed by atoms with van der Waals surface area (Å²) in [4.78, 5) is 29.2. The minimum absolute atomic E-state index is 0.141. The topological polar surface area (TPSA) is 108 Å². The van der Waals surface area contributed by atoms with Gasteiger partial charge in [-0.25, -0.2) is 4.98 Å². The van der Waals surface area contributed by atoms with Crippen LogP contribution in [0.4, 0.5) is 11.4 Å². The van der Waals surface area contributed by atoms with Crippen LogP contribution in [0.3, 0.4) is 0 Å². The molecule has 0 bridgehead atoms. The van der Waals surface area contributed by atoms with Crippen molar-refractivity contribution in [2.75, 3.05) is 19.5 Å². The standard InChI is InChI=1S/C21H18N4O5S/c1-12-19(20(26)22-16-10-14(25(27)28)6-9-18(16)30-3)31-21-23-17(11-24(12)21)13-4-7-15(29-2)8-5-13/h4-11H,1-3H3,(H,22,26). The molecular weight excluding hydrogens is 420 g/mol. The quantitative estimate of drug-likeness (QED) is 0.350. The van der Waals surface area contributed by atoms with Gasteiger partial charge in [-0.15, -0.1) is 0 Å². The number of aryl methyl sites for hydroxylation is 1. The fourth-order valence-electron chi connectivity index (χ4n) is 3.15. The van der Waals surface area contributed by atoms with Crippen molar-refractivity contribution in [3.05, 3.63) is 69.3 Å². The van der Waals surface area contributed by atoms with Gasteiger partial charge in [-0.2, -0.15) is 0 Å². The first-order valence-corrected chi connectivity index (χ1v) is 9.99. The van der Waals surface area contributed by atoms with Crippen LogP contribution in [0.5, 0.6) is 11.5 Å². The third kappa shape index (κ3) is 3.80. The molecule has 0 aliphatic carbocycles. The molecule has 0 atom stereocenters. The van der Waals surface area contributed by atoms with Crippen molar-refractivity contribution in [3.8, 4) is 22.8 Å². The monoisotopic (exact) mass is 438 g/mol. The maximum absolute atomic E-state index is 12.9. The van der Waals surface area contributed by atoms with Crippen molar-refractivity contribution >= 4 is 33.6 Å². The van der Waals surface area contributed by atoms with E-state index >= 15 is 0 Å². The Morgan fingerprint density at radius 3 is 2.52 bits per heavy atom. The van der Waals surface area contributed by atoms with E-state index in [1.54, 1.807) is 7.11 Å². The Morgan fingerprint density at radius 2 is 1.90 bits per heavy atom. The number of nitrogens with one attached hydrogen (secondary N) is 1. The lowest BCUT2D eigenvalue weighted by atomic mass is 10.2. The van der Waals surface area contributed by atoms with E-state index in [4.69, 9.17) is 9.47 Å². The molecule has 0 unspecified atom stereocenters. The normalized spacial score (nSPS) is 10.8. The number of nitro benzene ring substituents is 1. The number of benzene rings is 2. The molecule has 2 aromatic heterocycles. The molecule has 0 aliphatic heterocycles. The first kappa shape index (κ1) is 20.4. The third-order valence-electron chi connectivity index (χ3n) is 4.79. The molecular formula is C21H18N4O5S. The molecule has 0 saturated carbocycles. The van der Waals surface area contributed by atoms with Crippen molar-refractivity contribution in [2.45, 2.75) is 6.92 Å². The summed E-state index contributed by atoms with van der Waals surface area (Å²) in [5.74, 6) is 0.703. The van der Waals surface area contributed by atoms with Crippen molar-refractivity contribution in [2.24, 2.45) is 0 Å². The first-order valence-electron chi connectivity index (χ1n) is 9.18. The Kier molecular flexibility index (Phi) is 5.30. The maximum atomic E-state index is 12.9. The van der Waals surface area contributed by atoms with Gasteiger partial charge < -0.3 is 14.8 Å². The number of carbonyl (C=O) groups is 1. The molecule has 31 heavy (non-hydrogen) atoms. The molecule has 2 heterocycles. The molecule has 2 aromatic carbocycles. The van der Waals surface area contributed by atoms with Gasteiger partial charge in [0, 0.05) is 29.6 Å². The van der Waals surface area contributed by atoms with Gasteiger partial charge in [-0.3, -0.25) is 19.3 Å². The van der Waals surface area contributed by atoms with Crippen LogP contribution in [-0.4, -0.2) is 34.4 Å². The lowest BCUT2D eigenvalue weighted by molar-refractivity contribution is -0.384. The van der Waals surface area contributed by atoms with E-state index in [-0.39, 0.29) is 11.4 Å². The summed E-state index contributed by atoms with van der Waals surface area (Å²) in [5.41, 5.74) is 2.52. The highest BCUT2D eigenvalue weighted by Gasteiger charge is 2.20. The molecule has 10 heteroatoms. The second-order valence-electron chi connectivity index (χ2n) is 6.62. The van der Waals surface area contributed by atoms with Crippen LogP contribution in [0.25, 0.3) is 16.2 Å². The number of hydrogen-bond donors (Lipinski definition) is 1. The first-order chi connectivity index (χ1) is 14.9. The molecule has 1 amide bonds. The van der Waals surface area contributed by atoms with E-state index < -0.39 is 10.8 Å². The number of anilines is 1. The Hall–Kier alpha value is -3.92. The van der Waals surface area contributed by atoms with Gasteiger partial charge in [-0.1, -0.05) is 11.3 Å². The fraction of sp³-hybridized carbons (Fsp3) is 0.143. The Bertz CT molecular complexity index is 1290. The number of carbonyl (C=O) groups excluding carboxylic acids is 1. The SMILES string of the molecule is COc1ccc(-c2cn3c(C)c(C(=O)Nc4cc([N+](=O)[O-])ccc4OC)sc3n2)cc1. The number of non-ortho nitro benzene ring substituents is 1. The van der Waals surface area contributed by atoms with E-state index in [0.717, 1.165) is 17.0 Å². The number of methoxy groups -OCH3 is 2. The molecule has 0 radical (unpaired) electrons. The van der Waals surface area contributed by atoms with Crippen LogP contribution < -0.4 is 14.8 Å². The second kappa shape index (κ2) is 8.07. The number of hydrogen-bond acceptors (Lipinski definition) is 7. The summed E-state index contributed by atoms with van der Waals surface area (Å²) >= 11 is 1.24. The molecule has 0 aliphatic rings. The number of nitrogens with zero attached hydrogens (tertiary/aromatic N) is 3. The van der Waals surface area contributed by atoms with E-state index in [0.29, 0.717) is 21.3 Å². The summed E-state index contributed by atoms with van der Waals surface area (Å²) in [5, 5.41) is 13.8. The highest BCUT2D eigenvalue weighted by molar-refractivity contribution is 7.19. The zero-order chi connectivity index (χ0) is 22.1. The molecule has 1 N–H and O–H groups in total. The number of rotatable bonds is 6. The predicted molar refractivity (Wildman–Crippen MR) is 117 cm³/mol. The summed E-state index contributed by atoms with van der Waals surface area (Å²) in [7, 11) is 3.04. The van der Waals surface area contributed by atoms with Gasteiger partial charge in [-0.05, 0) is 37.3 Å². The number of imidazole rings is 1. The smallest absolute Gasteiger partial charge is 0.271 e.